The van der Waals surface area contributed by atoms with Crippen LogP contribution in [0.4, 0.5) is 0 Å². The van der Waals surface area contributed by atoms with Gasteiger partial charge in [-0.05, 0) is 49.8 Å². The molecule has 5 heteroatoms. The molecule has 1 saturated heterocycles. The Morgan fingerprint density at radius 2 is 2.05 bits per heavy atom. The number of rotatable bonds is 4. The molecule has 1 aromatic rings. The van der Waals surface area contributed by atoms with Crippen LogP contribution in [0, 0.1) is 13.8 Å². The van der Waals surface area contributed by atoms with Crippen LogP contribution in [0.15, 0.2) is 18.2 Å². The Morgan fingerprint density at radius 1 is 1.30 bits per heavy atom. The minimum Gasteiger partial charge on any atom is -0.271 e. The largest absolute Gasteiger partial charge is 0.271 e. The number of nitrogens with two attached hydrogens (primary N) is 1. The Kier molecular flexibility index (Phi) is 4.83. The van der Waals surface area contributed by atoms with Crippen molar-refractivity contribution < 1.29 is 8.42 Å². The van der Waals surface area contributed by atoms with Crippen LogP contribution in [-0.4, -0.2) is 25.5 Å². The summed E-state index contributed by atoms with van der Waals surface area (Å²) in [5.41, 5.74) is 6.34. The summed E-state index contributed by atoms with van der Waals surface area (Å²) in [6.45, 7) is 4.14. The van der Waals surface area contributed by atoms with Crippen LogP contribution in [0.2, 0.25) is 0 Å². The van der Waals surface area contributed by atoms with Gasteiger partial charge in [0.05, 0.1) is 11.0 Å². The molecule has 0 aromatic heterocycles. The maximum atomic E-state index is 12.2. The van der Waals surface area contributed by atoms with Gasteiger partial charge in [-0.25, -0.2) is 8.42 Å². The van der Waals surface area contributed by atoms with E-state index in [2.05, 4.69) is 37.5 Å². The van der Waals surface area contributed by atoms with E-state index in [1.165, 1.54) is 11.1 Å². The van der Waals surface area contributed by atoms with Crippen molar-refractivity contribution in [1.82, 2.24) is 5.43 Å². The highest BCUT2D eigenvalue weighted by atomic mass is 32.2. The van der Waals surface area contributed by atoms with Crippen molar-refractivity contribution in [2.24, 2.45) is 5.84 Å². The zero-order chi connectivity index (χ0) is 14.8. The first-order valence-corrected chi connectivity index (χ1v) is 8.89. The average molecular weight is 296 g/mol. The fourth-order valence-electron chi connectivity index (χ4n) is 2.91. The summed E-state index contributed by atoms with van der Waals surface area (Å²) < 4.78 is 24.4. The molecule has 0 amide bonds. The molecule has 0 radical (unpaired) electrons. The lowest BCUT2D eigenvalue weighted by molar-refractivity contribution is 0.440. The summed E-state index contributed by atoms with van der Waals surface area (Å²) in [7, 11) is -3.02. The molecule has 2 atom stereocenters. The summed E-state index contributed by atoms with van der Waals surface area (Å²) in [6, 6.07) is 6.05. The average Bonchev–Trinajstić information content (AvgIpc) is 2.40. The van der Waals surface area contributed by atoms with Crippen molar-refractivity contribution in [2.45, 2.75) is 50.8 Å². The Morgan fingerprint density at radius 3 is 2.65 bits per heavy atom. The van der Waals surface area contributed by atoms with E-state index in [0.29, 0.717) is 18.6 Å². The Hall–Kier alpha value is -0.910. The van der Waals surface area contributed by atoms with Crippen molar-refractivity contribution in [2.75, 3.05) is 5.75 Å². The quantitative estimate of drug-likeness (QED) is 0.654. The molecule has 1 fully saturated rings. The third kappa shape index (κ3) is 3.40. The van der Waals surface area contributed by atoms with Crippen molar-refractivity contribution in [1.29, 1.82) is 0 Å². The van der Waals surface area contributed by atoms with E-state index < -0.39 is 9.84 Å². The van der Waals surface area contributed by atoms with Crippen molar-refractivity contribution in [3.8, 4) is 0 Å². The number of hydrogen-bond acceptors (Lipinski definition) is 4. The Labute approximate surface area is 121 Å². The number of hydrazine groups is 1. The Bertz CT molecular complexity index is 569. The van der Waals surface area contributed by atoms with Gasteiger partial charge in [-0.15, -0.1) is 0 Å². The molecule has 0 bridgehead atoms. The van der Waals surface area contributed by atoms with Gasteiger partial charge in [-0.2, -0.15) is 0 Å². The monoisotopic (exact) mass is 296 g/mol. The number of nitrogens with one attached hydrogen (secondary N) is 1. The minimum absolute atomic E-state index is 0.206. The third-order valence-electron chi connectivity index (χ3n) is 4.32. The molecule has 2 unspecified atom stereocenters. The molecule has 0 spiro atoms. The highest BCUT2D eigenvalue weighted by Gasteiger charge is 2.35. The summed E-state index contributed by atoms with van der Waals surface area (Å²) in [4.78, 5) is 0. The molecule has 1 aromatic carbocycles. The number of hydrogen-bond donors (Lipinski definition) is 2. The van der Waals surface area contributed by atoms with Gasteiger partial charge in [0, 0.05) is 6.04 Å². The fourth-order valence-corrected chi connectivity index (χ4v) is 5.02. The number of aryl methyl sites for hydroxylation is 2. The first-order valence-electron chi connectivity index (χ1n) is 7.18. The summed E-state index contributed by atoms with van der Waals surface area (Å²) in [5, 5.41) is -0.358. The van der Waals surface area contributed by atoms with Gasteiger partial charge in [-0.3, -0.25) is 11.3 Å². The molecule has 4 nitrogen and oxygen atoms in total. The molecule has 0 aliphatic carbocycles. The molecular formula is C15H24N2O2S. The molecule has 1 heterocycles. The van der Waals surface area contributed by atoms with Crippen LogP contribution in [0.25, 0.3) is 0 Å². The van der Waals surface area contributed by atoms with Gasteiger partial charge in [0.2, 0.25) is 0 Å². The van der Waals surface area contributed by atoms with Crippen molar-refractivity contribution in [3.05, 3.63) is 34.9 Å². The third-order valence-corrected chi connectivity index (χ3v) is 6.66. The SMILES string of the molecule is Cc1ccc(CC(NN)C2CCCCS2(=O)=O)cc1C. The zero-order valence-electron chi connectivity index (χ0n) is 12.2. The van der Waals surface area contributed by atoms with Gasteiger partial charge in [0.25, 0.3) is 0 Å². The van der Waals surface area contributed by atoms with Crippen LogP contribution in [0.3, 0.4) is 0 Å². The predicted molar refractivity (Wildman–Crippen MR) is 82.2 cm³/mol. The summed E-state index contributed by atoms with van der Waals surface area (Å²) in [5.74, 6) is 5.92. The molecule has 2 rings (SSSR count). The molecule has 20 heavy (non-hydrogen) atoms. The van der Waals surface area contributed by atoms with E-state index in [0.717, 1.165) is 18.4 Å². The fraction of sp³-hybridized carbons (Fsp3) is 0.600. The molecule has 0 saturated carbocycles. The summed E-state index contributed by atoms with van der Waals surface area (Å²) in [6.07, 6.45) is 3.11. The van der Waals surface area contributed by atoms with E-state index in [1.54, 1.807) is 0 Å². The molecule has 1 aliphatic heterocycles. The van der Waals surface area contributed by atoms with E-state index in [4.69, 9.17) is 5.84 Å². The van der Waals surface area contributed by atoms with Gasteiger partial charge in [0.1, 0.15) is 0 Å². The lowest BCUT2D eigenvalue weighted by atomic mass is 9.97. The lowest BCUT2D eigenvalue weighted by Gasteiger charge is -2.29. The first-order chi connectivity index (χ1) is 9.44. The lowest BCUT2D eigenvalue weighted by Crippen LogP contribution is -2.50. The molecular weight excluding hydrogens is 272 g/mol. The molecule has 1 aliphatic rings. The van der Waals surface area contributed by atoms with Crippen LogP contribution in [-0.2, 0) is 16.3 Å². The highest BCUT2D eigenvalue weighted by molar-refractivity contribution is 7.92. The van der Waals surface area contributed by atoms with Crippen LogP contribution < -0.4 is 11.3 Å². The first kappa shape index (κ1) is 15.5. The van der Waals surface area contributed by atoms with E-state index in [1.807, 2.05) is 0 Å². The van der Waals surface area contributed by atoms with E-state index in [9.17, 15) is 8.42 Å². The maximum absolute atomic E-state index is 12.2. The van der Waals surface area contributed by atoms with Crippen LogP contribution >= 0.6 is 0 Å². The summed E-state index contributed by atoms with van der Waals surface area (Å²) >= 11 is 0. The second-order valence-corrected chi connectivity index (χ2v) is 8.14. The van der Waals surface area contributed by atoms with E-state index in [-0.39, 0.29) is 11.3 Å². The topological polar surface area (TPSA) is 72.2 Å². The smallest absolute Gasteiger partial charge is 0.154 e. The van der Waals surface area contributed by atoms with Gasteiger partial charge in [0.15, 0.2) is 9.84 Å². The highest BCUT2D eigenvalue weighted by Crippen LogP contribution is 2.24. The van der Waals surface area contributed by atoms with Crippen LogP contribution in [0.5, 0.6) is 0 Å². The van der Waals surface area contributed by atoms with Gasteiger partial charge >= 0.3 is 0 Å². The van der Waals surface area contributed by atoms with Crippen molar-refractivity contribution in [3.63, 3.8) is 0 Å². The van der Waals surface area contributed by atoms with Gasteiger partial charge < -0.3 is 0 Å². The second-order valence-electron chi connectivity index (χ2n) is 5.80. The van der Waals surface area contributed by atoms with Crippen molar-refractivity contribution >= 4 is 9.84 Å². The molecule has 112 valence electrons. The number of benzene rings is 1. The normalized spacial score (nSPS) is 23.4. The van der Waals surface area contributed by atoms with E-state index >= 15 is 0 Å². The predicted octanol–water partition coefficient (Wildman–Crippen LogP) is 1.65. The standard InChI is InChI=1S/C15H24N2O2S/c1-11-6-7-13(9-12(11)2)10-14(17-16)15-5-3-4-8-20(15,18)19/h6-7,9,14-15,17H,3-5,8,10,16H2,1-2H3. The minimum atomic E-state index is -3.02. The zero-order valence-corrected chi connectivity index (χ0v) is 13.0. The number of sulfone groups is 1. The van der Waals surface area contributed by atoms with Gasteiger partial charge in [-0.1, -0.05) is 24.6 Å². The molecule has 3 N–H and O–H groups in total. The Balaban J connectivity index is 2.18. The second kappa shape index (κ2) is 6.24. The maximum Gasteiger partial charge on any atom is 0.154 e. The van der Waals surface area contributed by atoms with Crippen LogP contribution in [0.1, 0.15) is 36.0 Å².